The molecule has 0 atom stereocenters. The predicted molar refractivity (Wildman–Crippen MR) is 339 cm³/mol. The minimum Gasteiger partial charge on any atom is -0.311 e. The molecule has 0 saturated heterocycles. The van der Waals surface area contributed by atoms with Crippen LogP contribution in [0.3, 0.4) is 0 Å². The molecule has 0 saturated carbocycles. The number of nitrogens with zero attached hydrogens (tertiary/aromatic N) is 4. The van der Waals surface area contributed by atoms with Gasteiger partial charge in [0.05, 0.1) is 22.4 Å². The first-order valence-corrected chi connectivity index (χ1v) is 27.7. The van der Waals surface area contributed by atoms with Gasteiger partial charge >= 0.3 is 0 Å². The Morgan fingerprint density at radius 3 is 0.588 bits per heavy atom. The molecule has 0 amide bonds. The highest BCUT2D eigenvalue weighted by Crippen LogP contribution is 2.42. The molecule has 0 unspecified atom stereocenters. The topological polar surface area (TPSA) is 32.3 Å². The second kappa shape index (κ2) is 21.6. The Morgan fingerprint density at radius 2 is 0.388 bits per heavy atom. The van der Waals surface area contributed by atoms with Crippen LogP contribution < -0.4 is 9.80 Å². The van der Waals surface area contributed by atoms with E-state index in [9.17, 15) is 0 Å². The summed E-state index contributed by atoms with van der Waals surface area (Å²) in [5.74, 6) is 0. The fourth-order valence-corrected chi connectivity index (χ4v) is 11.6. The molecule has 4 nitrogen and oxygen atoms in total. The molecule has 0 aliphatic carbocycles. The zero-order valence-corrected chi connectivity index (χ0v) is 46.9. The number of aromatic nitrogens is 2. The van der Waals surface area contributed by atoms with Gasteiger partial charge in [-0.2, -0.15) is 0 Å². The standard InChI is InChI=1S/C76H64N4/c1-49-37-50(2)42-63(41-49)57-13-25-67(26-14-57)79(68-27-15-58(16-28-68)64-43-51(3)38-52(4)44-64)71-33-21-61(22-34-71)75-76(78-74-12-10-9-11-73(74)77-75)62-23-35-72(36-24-62)80(69-29-17-59(18-30-69)65-45-53(5)39-54(6)46-65)70-31-19-60(20-32-70)66-47-55(7)40-56(8)48-66/h9-48H,1-8H3. The van der Waals surface area contributed by atoms with Crippen LogP contribution >= 0.6 is 0 Å². The van der Waals surface area contributed by atoms with Crippen LogP contribution in [-0.4, -0.2) is 9.97 Å². The molecular formula is C76H64N4. The number of hydrogen-bond donors (Lipinski definition) is 0. The van der Waals surface area contributed by atoms with Crippen molar-refractivity contribution < 1.29 is 0 Å². The molecule has 0 aliphatic rings. The smallest absolute Gasteiger partial charge is 0.0973 e. The van der Waals surface area contributed by atoms with Gasteiger partial charge in [0.25, 0.3) is 0 Å². The zero-order valence-electron chi connectivity index (χ0n) is 46.9. The quantitative estimate of drug-likeness (QED) is 0.122. The molecule has 1 heterocycles. The summed E-state index contributed by atoms with van der Waals surface area (Å²) in [6.45, 7) is 17.3. The Kier molecular flexibility index (Phi) is 13.8. The van der Waals surface area contributed by atoms with E-state index in [2.05, 4.69) is 284 Å². The van der Waals surface area contributed by atoms with Crippen molar-refractivity contribution >= 4 is 45.2 Å². The Hall–Kier alpha value is -9.64. The van der Waals surface area contributed by atoms with Crippen molar-refractivity contribution in [3.8, 4) is 67.0 Å². The largest absolute Gasteiger partial charge is 0.311 e. The third kappa shape index (κ3) is 10.8. The monoisotopic (exact) mass is 1030 g/mol. The summed E-state index contributed by atoms with van der Waals surface area (Å²) in [6, 6.07) is 88.6. The Labute approximate surface area is 472 Å². The lowest BCUT2D eigenvalue weighted by molar-refractivity contribution is 1.26. The van der Waals surface area contributed by atoms with Crippen molar-refractivity contribution in [1.82, 2.24) is 9.97 Å². The SMILES string of the molecule is Cc1cc(C)cc(-c2ccc(N(c3ccc(-c4cc(C)cc(C)c4)cc3)c3ccc(-c4nc5ccccc5nc4-c4ccc(N(c5ccc(-c6cc(C)cc(C)c6)cc5)c5ccc(-c6cc(C)cc(C)c6)cc5)cc4)cc3)cc2)c1. The number of fused-ring (bicyclic) bond motifs is 1. The van der Waals surface area contributed by atoms with Crippen LogP contribution in [0.1, 0.15) is 44.5 Å². The van der Waals surface area contributed by atoms with E-state index in [0.717, 1.165) is 67.7 Å². The fourth-order valence-electron chi connectivity index (χ4n) is 11.6. The third-order valence-electron chi connectivity index (χ3n) is 15.1. The maximum atomic E-state index is 5.37. The van der Waals surface area contributed by atoms with E-state index in [-0.39, 0.29) is 0 Å². The minimum absolute atomic E-state index is 0.825. The molecule has 11 aromatic carbocycles. The van der Waals surface area contributed by atoms with Crippen molar-refractivity contribution in [2.45, 2.75) is 55.4 Å². The first kappa shape index (κ1) is 51.1. The van der Waals surface area contributed by atoms with Gasteiger partial charge in [-0.05, 0) is 185 Å². The van der Waals surface area contributed by atoms with Crippen LogP contribution in [0.4, 0.5) is 34.1 Å². The lowest BCUT2D eigenvalue weighted by Gasteiger charge is -2.26. The van der Waals surface area contributed by atoms with Crippen LogP contribution in [0.15, 0.2) is 243 Å². The minimum atomic E-state index is 0.825. The van der Waals surface area contributed by atoms with Crippen molar-refractivity contribution in [1.29, 1.82) is 0 Å². The van der Waals surface area contributed by atoms with Crippen LogP contribution in [0.2, 0.25) is 0 Å². The van der Waals surface area contributed by atoms with E-state index in [1.54, 1.807) is 0 Å². The van der Waals surface area contributed by atoms with Gasteiger partial charge in [-0.15, -0.1) is 0 Å². The summed E-state index contributed by atoms with van der Waals surface area (Å²) >= 11 is 0. The molecule has 12 aromatic rings. The molecule has 0 N–H and O–H groups in total. The first-order chi connectivity index (χ1) is 38.8. The van der Waals surface area contributed by atoms with Crippen LogP contribution in [0.5, 0.6) is 0 Å². The molecular weight excluding hydrogens is 969 g/mol. The van der Waals surface area contributed by atoms with Crippen LogP contribution in [0, 0.1) is 55.4 Å². The van der Waals surface area contributed by atoms with Gasteiger partial charge in [0.2, 0.25) is 0 Å². The summed E-state index contributed by atoms with van der Waals surface area (Å²) in [4.78, 5) is 15.4. The molecule has 0 radical (unpaired) electrons. The third-order valence-corrected chi connectivity index (χ3v) is 15.1. The maximum Gasteiger partial charge on any atom is 0.0973 e. The van der Waals surface area contributed by atoms with Crippen molar-refractivity contribution in [2.75, 3.05) is 9.80 Å². The van der Waals surface area contributed by atoms with E-state index < -0.39 is 0 Å². The highest BCUT2D eigenvalue weighted by molar-refractivity contribution is 5.89. The van der Waals surface area contributed by atoms with Gasteiger partial charge in [0.1, 0.15) is 0 Å². The summed E-state index contributed by atoms with van der Waals surface area (Å²) in [7, 11) is 0. The molecule has 388 valence electrons. The second-order valence-corrected chi connectivity index (χ2v) is 21.9. The normalized spacial score (nSPS) is 11.2. The van der Waals surface area contributed by atoms with Crippen molar-refractivity contribution in [2.24, 2.45) is 0 Å². The Morgan fingerprint density at radius 1 is 0.200 bits per heavy atom. The van der Waals surface area contributed by atoms with Crippen molar-refractivity contribution in [3.05, 3.63) is 287 Å². The highest BCUT2D eigenvalue weighted by atomic mass is 15.1. The van der Waals surface area contributed by atoms with E-state index >= 15 is 0 Å². The number of anilines is 6. The number of benzene rings is 11. The van der Waals surface area contributed by atoms with E-state index in [1.165, 1.54) is 89.0 Å². The number of hydrogen-bond acceptors (Lipinski definition) is 4. The Bertz CT molecular complexity index is 3670. The molecule has 0 fully saturated rings. The van der Waals surface area contributed by atoms with Crippen LogP contribution in [0.25, 0.3) is 78.1 Å². The van der Waals surface area contributed by atoms with Gasteiger partial charge in [0.15, 0.2) is 0 Å². The van der Waals surface area contributed by atoms with Gasteiger partial charge in [-0.1, -0.05) is 202 Å². The van der Waals surface area contributed by atoms with E-state index in [4.69, 9.17) is 9.97 Å². The molecule has 80 heavy (non-hydrogen) atoms. The van der Waals surface area contributed by atoms with Gasteiger partial charge in [-0.25, -0.2) is 9.97 Å². The fraction of sp³-hybridized carbons (Fsp3) is 0.105. The lowest BCUT2D eigenvalue weighted by atomic mass is 9.99. The van der Waals surface area contributed by atoms with Crippen LogP contribution in [-0.2, 0) is 0 Å². The lowest BCUT2D eigenvalue weighted by Crippen LogP contribution is -2.10. The number of para-hydroxylation sites is 2. The van der Waals surface area contributed by atoms with Gasteiger partial charge in [-0.3, -0.25) is 0 Å². The summed E-state index contributed by atoms with van der Waals surface area (Å²) in [5.41, 5.74) is 31.4. The molecule has 1 aromatic heterocycles. The summed E-state index contributed by atoms with van der Waals surface area (Å²) in [5, 5.41) is 0. The summed E-state index contributed by atoms with van der Waals surface area (Å²) < 4.78 is 0. The molecule has 0 aliphatic heterocycles. The average Bonchev–Trinajstić information content (AvgIpc) is 3.45. The Balaban J connectivity index is 0.913. The predicted octanol–water partition coefficient (Wildman–Crippen LogP) is 21.0. The first-order valence-electron chi connectivity index (χ1n) is 27.7. The molecule has 0 bridgehead atoms. The van der Waals surface area contributed by atoms with E-state index in [1.807, 2.05) is 24.3 Å². The zero-order chi connectivity index (χ0) is 55.0. The van der Waals surface area contributed by atoms with Crippen molar-refractivity contribution in [3.63, 3.8) is 0 Å². The second-order valence-electron chi connectivity index (χ2n) is 21.9. The molecule has 12 rings (SSSR count). The average molecular weight is 1030 g/mol. The maximum absolute atomic E-state index is 5.37. The highest BCUT2D eigenvalue weighted by Gasteiger charge is 2.20. The molecule has 4 heteroatoms. The van der Waals surface area contributed by atoms with Gasteiger partial charge in [0, 0.05) is 45.3 Å². The number of rotatable bonds is 12. The molecule has 0 spiro atoms. The van der Waals surface area contributed by atoms with Gasteiger partial charge < -0.3 is 9.80 Å². The number of aryl methyl sites for hydroxylation is 8. The summed E-state index contributed by atoms with van der Waals surface area (Å²) in [6.07, 6.45) is 0. The van der Waals surface area contributed by atoms with E-state index in [0.29, 0.717) is 0 Å².